The first-order valence-electron chi connectivity index (χ1n) is 7.55. The van der Waals surface area contributed by atoms with Crippen LogP contribution in [0.1, 0.15) is 51.9 Å². The van der Waals surface area contributed by atoms with Gasteiger partial charge >= 0.3 is 5.97 Å². The second kappa shape index (κ2) is 15.5. The average molecular weight is 276 g/mol. The first kappa shape index (κ1) is 18.4. The third kappa shape index (κ3) is 14.5. The van der Waals surface area contributed by atoms with Crippen LogP contribution < -0.4 is 0 Å². The molecule has 2 nitrogen and oxygen atoms in total. The molecule has 0 rings (SSSR count). The van der Waals surface area contributed by atoms with E-state index in [1.54, 1.807) is 12.2 Å². The van der Waals surface area contributed by atoms with Crippen molar-refractivity contribution >= 4 is 5.97 Å². The third-order valence-electron chi connectivity index (χ3n) is 2.85. The lowest BCUT2D eigenvalue weighted by Crippen LogP contribution is -1.92. The molecule has 0 aromatic heterocycles. The van der Waals surface area contributed by atoms with Crippen LogP contribution in [0.15, 0.2) is 48.6 Å². The minimum Gasteiger partial charge on any atom is -0.466 e. The number of carbonyl (C=O) groups is 1. The molecule has 0 spiro atoms. The molecule has 0 aliphatic carbocycles. The molecular formula is C18H28O2. The van der Waals surface area contributed by atoms with Crippen molar-refractivity contribution in [1.82, 2.24) is 0 Å². The number of carbonyl (C=O) groups excluding carboxylic acids is 1. The molecule has 0 bridgehead atoms. The Bertz CT molecular complexity index is 335. The zero-order valence-electron chi connectivity index (χ0n) is 12.9. The van der Waals surface area contributed by atoms with Crippen molar-refractivity contribution in [2.45, 2.75) is 51.9 Å². The fourth-order valence-corrected chi connectivity index (χ4v) is 1.68. The van der Waals surface area contributed by atoms with Gasteiger partial charge in [-0.1, -0.05) is 81.6 Å². The van der Waals surface area contributed by atoms with Crippen molar-refractivity contribution < 1.29 is 9.53 Å². The lowest BCUT2D eigenvalue weighted by Gasteiger charge is -1.97. The molecule has 2 heteroatoms. The Balaban J connectivity index is 3.50. The van der Waals surface area contributed by atoms with E-state index >= 15 is 0 Å². The van der Waals surface area contributed by atoms with Gasteiger partial charge in [0.1, 0.15) is 0 Å². The fourth-order valence-electron chi connectivity index (χ4n) is 1.68. The summed E-state index contributed by atoms with van der Waals surface area (Å²) < 4.78 is 4.47. The van der Waals surface area contributed by atoms with Crippen LogP contribution in [0.4, 0.5) is 0 Å². The first-order chi connectivity index (χ1) is 9.81. The van der Waals surface area contributed by atoms with E-state index < -0.39 is 0 Å². The number of ether oxygens (including phenoxy) is 1. The van der Waals surface area contributed by atoms with Gasteiger partial charge in [-0.2, -0.15) is 0 Å². The summed E-state index contributed by atoms with van der Waals surface area (Å²) in [4.78, 5) is 10.8. The van der Waals surface area contributed by atoms with Crippen LogP contribution in [0.3, 0.4) is 0 Å². The summed E-state index contributed by atoms with van der Waals surface area (Å²) >= 11 is 0. The highest BCUT2D eigenvalue weighted by atomic mass is 16.5. The van der Waals surface area contributed by atoms with Gasteiger partial charge in [0.05, 0.1) is 7.11 Å². The molecule has 0 saturated heterocycles. The van der Waals surface area contributed by atoms with E-state index in [4.69, 9.17) is 0 Å². The predicted octanol–water partition coefficient (Wildman–Crippen LogP) is 5.13. The second-order valence-electron chi connectivity index (χ2n) is 4.64. The zero-order valence-corrected chi connectivity index (χ0v) is 12.9. The van der Waals surface area contributed by atoms with Gasteiger partial charge in [0, 0.05) is 6.08 Å². The van der Waals surface area contributed by atoms with Crippen molar-refractivity contribution in [3.8, 4) is 0 Å². The maximum Gasteiger partial charge on any atom is 0.330 e. The average Bonchev–Trinajstić information content (AvgIpc) is 2.47. The van der Waals surface area contributed by atoms with Crippen LogP contribution in [-0.4, -0.2) is 13.1 Å². The van der Waals surface area contributed by atoms with Crippen LogP contribution in [0.5, 0.6) is 0 Å². The van der Waals surface area contributed by atoms with Gasteiger partial charge in [-0.25, -0.2) is 4.79 Å². The highest BCUT2D eigenvalue weighted by Gasteiger charge is 1.87. The molecule has 0 atom stereocenters. The molecule has 0 unspecified atom stereocenters. The van der Waals surface area contributed by atoms with Crippen molar-refractivity contribution in [3.63, 3.8) is 0 Å². The topological polar surface area (TPSA) is 26.3 Å². The van der Waals surface area contributed by atoms with E-state index in [1.165, 1.54) is 51.7 Å². The van der Waals surface area contributed by atoms with Gasteiger partial charge in [0.25, 0.3) is 0 Å². The van der Waals surface area contributed by atoms with Gasteiger partial charge in [0.2, 0.25) is 0 Å². The van der Waals surface area contributed by atoms with E-state index in [1.807, 2.05) is 18.2 Å². The Morgan fingerprint density at radius 2 is 1.45 bits per heavy atom. The third-order valence-corrected chi connectivity index (χ3v) is 2.85. The SMILES string of the molecule is CCCCCCCC/C=C/C=C/C=C/C=C/C(=O)OC. The van der Waals surface area contributed by atoms with Crippen molar-refractivity contribution in [2.24, 2.45) is 0 Å². The Kier molecular flexibility index (Phi) is 14.3. The summed E-state index contributed by atoms with van der Waals surface area (Å²) in [5, 5.41) is 0. The van der Waals surface area contributed by atoms with Crippen LogP contribution >= 0.6 is 0 Å². The molecule has 20 heavy (non-hydrogen) atoms. The van der Waals surface area contributed by atoms with Gasteiger partial charge < -0.3 is 4.74 Å². The number of unbranched alkanes of at least 4 members (excludes halogenated alkanes) is 6. The van der Waals surface area contributed by atoms with E-state index in [0.29, 0.717) is 0 Å². The predicted molar refractivity (Wildman–Crippen MR) is 86.6 cm³/mol. The van der Waals surface area contributed by atoms with Gasteiger partial charge in [0.15, 0.2) is 0 Å². The molecule has 0 N–H and O–H groups in total. The Morgan fingerprint density at radius 3 is 2.15 bits per heavy atom. The summed E-state index contributed by atoms with van der Waals surface area (Å²) in [5.41, 5.74) is 0. The Hall–Kier alpha value is -1.57. The zero-order chi connectivity index (χ0) is 14.9. The highest BCUT2D eigenvalue weighted by molar-refractivity contribution is 5.82. The minimum atomic E-state index is -0.336. The maximum absolute atomic E-state index is 10.8. The minimum absolute atomic E-state index is 0.336. The van der Waals surface area contributed by atoms with Crippen LogP contribution in [0.25, 0.3) is 0 Å². The normalized spacial score (nSPS) is 12.3. The van der Waals surface area contributed by atoms with Crippen molar-refractivity contribution in [3.05, 3.63) is 48.6 Å². The van der Waals surface area contributed by atoms with Gasteiger partial charge in [-0.05, 0) is 12.8 Å². The van der Waals surface area contributed by atoms with Crippen molar-refractivity contribution in [1.29, 1.82) is 0 Å². The molecule has 0 aromatic rings. The molecule has 0 amide bonds. The summed E-state index contributed by atoms with van der Waals surface area (Å²) in [7, 11) is 1.37. The Morgan fingerprint density at radius 1 is 0.850 bits per heavy atom. The summed E-state index contributed by atoms with van der Waals surface area (Å²) in [6.45, 7) is 2.24. The molecule has 0 aliphatic heterocycles. The number of hydrogen-bond acceptors (Lipinski definition) is 2. The van der Waals surface area contributed by atoms with E-state index in [9.17, 15) is 4.79 Å². The van der Waals surface area contributed by atoms with Crippen LogP contribution in [0.2, 0.25) is 0 Å². The molecule has 0 saturated carbocycles. The summed E-state index contributed by atoms with van der Waals surface area (Å²) in [5.74, 6) is -0.336. The molecule has 0 radical (unpaired) electrons. The monoisotopic (exact) mass is 276 g/mol. The lowest BCUT2D eigenvalue weighted by atomic mass is 10.1. The van der Waals surface area contributed by atoms with Crippen LogP contribution in [0, 0.1) is 0 Å². The van der Waals surface area contributed by atoms with Crippen LogP contribution in [-0.2, 0) is 9.53 Å². The molecule has 0 heterocycles. The number of allylic oxidation sites excluding steroid dienone is 7. The highest BCUT2D eigenvalue weighted by Crippen LogP contribution is 2.07. The molecular weight excluding hydrogens is 248 g/mol. The fraction of sp³-hybridized carbons (Fsp3) is 0.500. The summed E-state index contributed by atoms with van der Waals surface area (Å²) in [6.07, 6.45) is 24.2. The Labute approximate surface area is 123 Å². The van der Waals surface area contributed by atoms with E-state index in [2.05, 4.69) is 23.8 Å². The maximum atomic E-state index is 10.8. The van der Waals surface area contributed by atoms with E-state index in [-0.39, 0.29) is 5.97 Å². The lowest BCUT2D eigenvalue weighted by molar-refractivity contribution is -0.134. The number of methoxy groups -OCH3 is 1. The molecule has 0 aliphatic rings. The number of rotatable bonds is 11. The smallest absolute Gasteiger partial charge is 0.330 e. The number of hydrogen-bond donors (Lipinski definition) is 0. The molecule has 112 valence electrons. The second-order valence-corrected chi connectivity index (χ2v) is 4.64. The van der Waals surface area contributed by atoms with Gasteiger partial charge in [-0.3, -0.25) is 0 Å². The quantitative estimate of drug-likeness (QED) is 0.226. The van der Waals surface area contributed by atoms with Gasteiger partial charge in [-0.15, -0.1) is 0 Å². The molecule has 0 aromatic carbocycles. The number of esters is 1. The summed E-state index contributed by atoms with van der Waals surface area (Å²) in [6, 6.07) is 0. The van der Waals surface area contributed by atoms with Crippen molar-refractivity contribution in [2.75, 3.05) is 7.11 Å². The standard InChI is InChI=1S/C18H28O2/c1-3-4-5-6-7-8-9-10-11-12-13-14-15-16-17-18(19)20-2/h10-17H,3-9H2,1-2H3/b11-10+,13-12+,15-14+,17-16+. The first-order valence-corrected chi connectivity index (χ1v) is 7.55. The largest absolute Gasteiger partial charge is 0.466 e. The van der Waals surface area contributed by atoms with E-state index in [0.717, 1.165) is 6.42 Å². The molecule has 0 fully saturated rings.